The zero-order valence-corrected chi connectivity index (χ0v) is 13.1. The summed E-state index contributed by atoms with van der Waals surface area (Å²) in [5.74, 6) is -0.0270. The molecular formula is C17H28N2O. The Bertz CT molecular complexity index is 415. The van der Waals surface area contributed by atoms with Crippen LogP contribution in [0, 0.1) is 6.92 Å². The number of carbonyl (C=O) groups is 1. The summed E-state index contributed by atoms with van der Waals surface area (Å²) in [6, 6.07) is 6.07. The number of unbranched alkanes of at least 4 members (excludes halogenated alkanes) is 5. The third-order valence-electron chi connectivity index (χ3n) is 3.40. The smallest absolute Gasteiger partial charge is 0.221 e. The summed E-state index contributed by atoms with van der Waals surface area (Å²) in [4.78, 5) is 11.0. The van der Waals surface area contributed by atoms with Crippen molar-refractivity contribution in [2.45, 2.75) is 59.3 Å². The van der Waals surface area contributed by atoms with Gasteiger partial charge in [-0.05, 0) is 37.1 Å². The monoisotopic (exact) mass is 276 g/mol. The van der Waals surface area contributed by atoms with Crippen LogP contribution in [0.15, 0.2) is 18.2 Å². The molecule has 0 atom stereocenters. The average Bonchev–Trinajstić information content (AvgIpc) is 2.40. The zero-order chi connectivity index (χ0) is 14.8. The summed E-state index contributed by atoms with van der Waals surface area (Å²) in [6.07, 6.45) is 7.89. The highest BCUT2D eigenvalue weighted by atomic mass is 16.1. The Hall–Kier alpha value is -1.51. The number of nitrogens with one attached hydrogen (secondary N) is 2. The van der Waals surface area contributed by atoms with Crippen LogP contribution in [0.25, 0.3) is 0 Å². The van der Waals surface area contributed by atoms with E-state index in [1.165, 1.54) is 45.4 Å². The van der Waals surface area contributed by atoms with E-state index >= 15 is 0 Å². The lowest BCUT2D eigenvalue weighted by molar-refractivity contribution is -0.114. The first-order valence-corrected chi connectivity index (χ1v) is 7.75. The van der Waals surface area contributed by atoms with E-state index in [0.29, 0.717) is 0 Å². The number of amides is 1. The number of anilines is 2. The fraction of sp³-hybridized carbons (Fsp3) is 0.588. The molecule has 0 unspecified atom stereocenters. The molecule has 0 fully saturated rings. The second-order valence-electron chi connectivity index (χ2n) is 5.41. The van der Waals surface area contributed by atoms with E-state index in [-0.39, 0.29) is 5.91 Å². The molecule has 0 aliphatic heterocycles. The van der Waals surface area contributed by atoms with Gasteiger partial charge in [-0.25, -0.2) is 0 Å². The highest BCUT2D eigenvalue weighted by molar-refractivity contribution is 5.89. The predicted octanol–water partition coefficient (Wildman–Crippen LogP) is 4.73. The molecule has 0 spiro atoms. The van der Waals surface area contributed by atoms with Crippen molar-refractivity contribution in [3.63, 3.8) is 0 Å². The highest BCUT2D eigenvalue weighted by Crippen LogP contribution is 2.19. The average molecular weight is 276 g/mol. The van der Waals surface area contributed by atoms with Crippen LogP contribution < -0.4 is 10.6 Å². The lowest BCUT2D eigenvalue weighted by Crippen LogP contribution is -2.08. The third-order valence-corrected chi connectivity index (χ3v) is 3.40. The molecule has 1 rings (SSSR count). The van der Waals surface area contributed by atoms with Crippen molar-refractivity contribution >= 4 is 17.3 Å². The van der Waals surface area contributed by atoms with Gasteiger partial charge in [0.15, 0.2) is 0 Å². The summed E-state index contributed by atoms with van der Waals surface area (Å²) in [6.45, 7) is 6.81. The fourth-order valence-electron chi connectivity index (χ4n) is 2.24. The van der Waals surface area contributed by atoms with Gasteiger partial charge in [-0.1, -0.05) is 39.0 Å². The number of hydrogen-bond acceptors (Lipinski definition) is 2. The maximum atomic E-state index is 11.0. The van der Waals surface area contributed by atoms with Gasteiger partial charge in [-0.2, -0.15) is 0 Å². The lowest BCUT2D eigenvalue weighted by atomic mass is 10.1. The molecule has 20 heavy (non-hydrogen) atoms. The Kier molecular flexibility index (Phi) is 7.78. The van der Waals surface area contributed by atoms with Gasteiger partial charge >= 0.3 is 0 Å². The number of hydrogen-bond donors (Lipinski definition) is 2. The van der Waals surface area contributed by atoms with Crippen molar-refractivity contribution in [1.29, 1.82) is 0 Å². The van der Waals surface area contributed by atoms with E-state index in [4.69, 9.17) is 0 Å². The minimum Gasteiger partial charge on any atom is -0.385 e. The minimum absolute atomic E-state index is 0.0270. The van der Waals surface area contributed by atoms with Gasteiger partial charge < -0.3 is 10.6 Å². The Morgan fingerprint density at radius 3 is 2.45 bits per heavy atom. The number of rotatable bonds is 9. The first kappa shape index (κ1) is 16.5. The van der Waals surface area contributed by atoms with Crippen molar-refractivity contribution in [2.24, 2.45) is 0 Å². The van der Waals surface area contributed by atoms with Gasteiger partial charge in [0, 0.05) is 24.8 Å². The molecular weight excluding hydrogens is 248 g/mol. The molecule has 0 saturated heterocycles. The second-order valence-corrected chi connectivity index (χ2v) is 5.41. The summed E-state index contributed by atoms with van der Waals surface area (Å²) in [7, 11) is 0. The van der Waals surface area contributed by atoms with E-state index in [9.17, 15) is 4.79 Å². The largest absolute Gasteiger partial charge is 0.385 e. The van der Waals surface area contributed by atoms with Crippen molar-refractivity contribution in [1.82, 2.24) is 0 Å². The van der Waals surface area contributed by atoms with Crippen molar-refractivity contribution in [3.8, 4) is 0 Å². The third kappa shape index (κ3) is 6.60. The quantitative estimate of drug-likeness (QED) is 0.640. The molecule has 0 bridgehead atoms. The topological polar surface area (TPSA) is 41.1 Å². The molecule has 0 saturated carbocycles. The van der Waals surface area contributed by atoms with Crippen LogP contribution in [0.5, 0.6) is 0 Å². The van der Waals surface area contributed by atoms with Crippen LogP contribution in [0.3, 0.4) is 0 Å². The standard InChI is InChI=1S/C17H28N2O/c1-4-5-6-7-8-9-12-18-16-10-11-17(14(2)13-16)19-15(3)20/h10-11,13,18H,4-9,12H2,1-3H3,(H,19,20). The van der Waals surface area contributed by atoms with Crippen LogP contribution >= 0.6 is 0 Å². The number of benzene rings is 1. The van der Waals surface area contributed by atoms with Gasteiger partial charge in [-0.15, -0.1) is 0 Å². The second kappa shape index (κ2) is 9.40. The fourth-order valence-corrected chi connectivity index (χ4v) is 2.24. The molecule has 0 radical (unpaired) electrons. The van der Waals surface area contributed by atoms with Crippen LogP contribution in [0.4, 0.5) is 11.4 Å². The van der Waals surface area contributed by atoms with Crippen LogP contribution in [-0.2, 0) is 4.79 Å². The van der Waals surface area contributed by atoms with E-state index in [1.807, 2.05) is 19.1 Å². The Balaban J connectivity index is 2.27. The molecule has 2 N–H and O–H groups in total. The summed E-state index contributed by atoms with van der Waals surface area (Å²) >= 11 is 0. The van der Waals surface area contributed by atoms with Gasteiger partial charge in [0.2, 0.25) is 5.91 Å². The molecule has 0 heterocycles. The Morgan fingerprint density at radius 2 is 1.80 bits per heavy atom. The first-order valence-electron chi connectivity index (χ1n) is 7.75. The van der Waals surface area contributed by atoms with Gasteiger partial charge in [0.1, 0.15) is 0 Å². The molecule has 0 aromatic heterocycles. The maximum absolute atomic E-state index is 11.0. The molecule has 0 aliphatic rings. The summed E-state index contributed by atoms with van der Waals surface area (Å²) < 4.78 is 0. The molecule has 1 aromatic rings. The van der Waals surface area contributed by atoms with E-state index in [1.54, 1.807) is 0 Å². The van der Waals surface area contributed by atoms with Crippen LogP contribution in [0.1, 0.15) is 57.9 Å². The Morgan fingerprint density at radius 1 is 1.10 bits per heavy atom. The molecule has 3 heteroatoms. The molecule has 1 amide bonds. The van der Waals surface area contributed by atoms with Gasteiger partial charge in [0.25, 0.3) is 0 Å². The zero-order valence-electron chi connectivity index (χ0n) is 13.1. The SMILES string of the molecule is CCCCCCCCNc1ccc(NC(C)=O)c(C)c1. The maximum Gasteiger partial charge on any atom is 0.221 e. The van der Waals surface area contributed by atoms with Gasteiger partial charge in [-0.3, -0.25) is 4.79 Å². The number of aryl methyl sites for hydroxylation is 1. The lowest BCUT2D eigenvalue weighted by Gasteiger charge is -2.11. The Labute approximate surface area is 123 Å². The van der Waals surface area contributed by atoms with Crippen molar-refractivity contribution in [2.75, 3.05) is 17.2 Å². The molecule has 0 aliphatic carbocycles. The van der Waals surface area contributed by atoms with Crippen LogP contribution in [0.2, 0.25) is 0 Å². The van der Waals surface area contributed by atoms with Gasteiger partial charge in [0.05, 0.1) is 0 Å². The first-order chi connectivity index (χ1) is 9.63. The summed E-state index contributed by atoms with van der Waals surface area (Å²) in [5, 5.41) is 6.27. The minimum atomic E-state index is -0.0270. The van der Waals surface area contributed by atoms with E-state index in [2.05, 4.69) is 23.6 Å². The molecule has 3 nitrogen and oxygen atoms in total. The van der Waals surface area contributed by atoms with Crippen LogP contribution in [-0.4, -0.2) is 12.5 Å². The highest BCUT2D eigenvalue weighted by Gasteiger charge is 2.01. The molecule has 112 valence electrons. The normalized spacial score (nSPS) is 10.3. The molecule has 1 aromatic carbocycles. The van der Waals surface area contributed by atoms with E-state index in [0.717, 1.165) is 23.5 Å². The van der Waals surface area contributed by atoms with Crippen molar-refractivity contribution in [3.05, 3.63) is 23.8 Å². The summed E-state index contributed by atoms with van der Waals surface area (Å²) in [5.41, 5.74) is 3.11. The number of carbonyl (C=O) groups excluding carboxylic acids is 1. The van der Waals surface area contributed by atoms with E-state index < -0.39 is 0 Å². The predicted molar refractivity (Wildman–Crippen MR) is 87.3 cm³/mol. The van der Waals surface area contributed by atoms with Crippen molar-refractivity contribution < 1.29 is 4.79 Å².